The average Bonchev–Trinajstić information content (AvgIpc) is 3.03. The standard InChI is InChI=1S/C15H24N4O3/c1-6-22-14(21)19-9-7-8-18(19)13(20)11-10-12(15(2,3)4)16-17(11)5/h10H,6-9H2,1-5H3. The van der Waals surface area contributed by atoms with Gasteiger partial charge in [-0.25, -0.2) is 14.8 Å². The van der Waals surface area contributed by atoms with Crippen molar-refractivity contribution in [2.24, 2.45) is 7.05 Å². The van der Waals surface area contributed by atoms with Crippen LogP contribution in [0.5, 0.6) is 0 Å². The first kappa shape index (κ1) is 16.3. The zero-order valence-corrected chi connectivity index (χ0v) is 13.9. The lowest BCUT2D eigenvalue weighted by Crippen LogP contribution is -2.45. The molecule has 0 atom stereocenters. The Bertz CT molecular complexity index is 574. The summed E-state index contributed by atoms with van der Waals surface area (Å²) in [4.78, 5) is 24.7. The van der Waals surface area contributed by atoms with Gasteiger partial charge in [-0.1, -0.05) is 20.8 Å². The Morgan fingerprint density at radius 3 is 2.45 bits per heavy atom. The van der Waals surface area contributed by atoms with Crippen LogP contribution in [0, 0.1) is 0 Å². The van der Waals surface area contributed by atoms with Gasteiger partial charge in [-0.3, -0.25) is 9.48 Å². The number of rotatable bonds is 2. The van der Waals surface area contributed by atoms with Gasteiger partial charge in [0.1, 0.15) is 5.69 Å². The van der Waals surface area contributed by atoms with Gasteiger partial charge >= 0.3 is 6.09 Å². The molecule has 0 spiro atoms. The zero-order valence-electron chi connectivity index (χ0n) is 13.9. The van der Waals surface area contributed by atoms with Gasteiger partial charge in [-0.05, 0) is 19.4 Å². The number of hydrazine groups is 1. The molecule has 0 N–H and O–H groups in total. The highest BCUT2D eigenvalue weighted by Crippen LogP contribution is 2.23. The summed E-state index contributed by atoms with van der Waals surface area (Å²) in [5.41, 5.74) is 1.18. The second-order valence-corrected chi connectivity index (χ2v) is 6.39. The van der Waals surface area contributed by atoms with Crippen LogP contribution < -0.4 is 0 Å². The minimum Gasteiger partial charge on any atom is -0.448 e. The smallest absolute Gasteiger partial charge is 0.428 e. The van der Waals surface area contributed by atoms with E-state index < -0.39 is 6.09 Å². The Hall–Kier alpha value is -2.05. The fourth-order valence-corrected chi connectivity index (χ4v) is 2.38. The molecule has 0 aromatic carbocycles. The van der Waals surface area contributed by atoms with Crippen LogP contribution in [0.4, 0.5) is 4.79 Å². The predicted octanol–water partition coefficient (Wildman–Crippen LogP) is 1.94. The fraction of sp³-hybridized carbons (Fsp3) is 0.667. The van der Waals surface area contributed by atoms with Crippen LogP contribution in [0.25, 0.3) is 0 Å². The summed E-state index contributed by atoms with van der Waals surface area (Å²) in [5, 5.41) is 7.23. The summed E-state index contributed by atoms with van der Waals surface area (Å²) >= 11 is 0. The Kier molecular flexibility index (Phi) is 4.44. The molecule has 22 heavy (non-hydrogen) atoms. The molecule has 0 saturated carbocycles. The van der Waals surface area contributed by atoms with Crippen LogP contribution in [0.2, 0.25) is 0 Å². The molecule has 1 aromatic rings. The Morgan fingerprint density at radius 1 is 1.27 bits per heavy atom. The van der Waals surface area contributed by atoms with Crippen molar-refractivity contribution in [3.63, 3.8) is 0 Å². The molecular weight excluding hydrogens is 284 g/mol. The molecule has 2 rings (SSSR count). The van der Waals surface area contributed by atoms with Crippen molar-refractivity contribution in [1.29, 1.82) is 0 Å². The van der Waals surface area contributed by atoms with Gasteiger partial charge in [0, 0.05) is 25.6 Å². The maximum absolute atomic E-state index is 12.7. The third-order valence-electron chi connectivity index (χ3n) is 3.61. The summed E-state index contributed by atoms with van der Waals surface area (Å²) in [6.45, 7) is 9.18. The van der Waals surface area contributed by atoms with Gasteiger partial charge in [0.25, 0.3) is 5.91 Å². The lowest BCUT2D eigenvalue weighted by molar-refractivity contribution is 0.0138. The van der Waals surface area contributed by atoms with Crippen molar-refractivity contribution >= 4 is 12.0 Å². The summed E-state index contributed by atoms with van der Waals surface area (Å²) in [6, 6.07) is 1.80. The number of aryl methyl sites for hydroxylation is 1. The molecule has 2 amide bonds. The molecule has 7 nitrogen and oxygen atoms in total. The largest absolute Gasteiger partial charge is 0.448 e. The van der Waals surface area contributed by atoms with Gasteiger partial charge in [0.2, 0.25) is 0 Å². The van der Waals surface area contributed by atoms with Crippen molar-refractivity contribution < 1.29 is 14.3 Å². The van der Waals surface area contributed by atoms with E-state index in [-0.39, 0.29) is 17.9 Å². The van der Waals surface area contributed by atoms with Crippen LogP contribution in [0.15, 0.2) is 6.07 Å². The van der Waals surface area contributed by atoms with Gasteiger partial charge in [-0.2, -0.15) is 5.10 Å². The van der Waals surface area contributed by atoms with Gasteiger partial charge in [0.05, 0.1) is 12.3 Å². The number of nitrogens with zero attached hydrogens (tertiary/aromatic N) is 4. The lowest BCUT2D eigenvalue weighted by atomic mass is 9.92. The second-order valence-electron chi connectivity index (χ2n) is 6.39. The van der Waals surface area contributed by atoms with Crippen LogP contribution in [0.3, 0.4) is 0 Å². The van der Waals surface area contributed by atoms with E-state index in [9.17, 15) is 9.59 Å². The Balaban J connectivity index is 2.24. The molecule has 0 unspecified atom stereocenters. The van der Waals surface area contributed by atoms with E-state index in [0.717, 1.165) is 12.1 Å². The molecule has 122 valence electrons. The van der Waals surface area contributed by atoms with E-state index in [1.54, 1.807) is 24.7 Å². The molecule has 2 heterocycles. The average molecular weight is 308 g/mol. The SMILES string of the molecule is CCOC(=O)N1CCCN1C(=O)c1cc(C(C)(C)C)nn1C. The summed E-state index contributed by atoms with van der Waals surface area (Å²) < 4.78 is 6.58. The molecule has 0 bridgehead atoms. The summed E-state index contributed by atoms with van der Waals surface area (Å²) in [7, 11) is 1.74. The zero-order chi connectivity index (χ0) is 16.5. The molecular formula is C15H24N4O3. The van der Waals surface area contributed by atoms with Crippen molar-refractivity contribution in [3.8, 4) is 0 Å². The molecule has 1 aliphatic rings. The fourth-order valence-electron chi connectivity index (χ4n) is 2.38. The molecule has 1 aromatic heterocycles. The number of aromatic nitrogens is 2. The minimum absolute atomic E-state index is 0.137. The molecule has 1 saturated heterocycles. The van der Waals surface area contributed by atoms with Gasteiger partial charge in [0.15, 0.2) is 0 Å². The number of ether oxygens (including phenoxy) is 1. The minimum atomic E-state index is -0.480. The molecule has 1 fully saturated rings. The van der Waals surface area contributed by atoms with Crippen molar-refractivity contribution in [1.82, 2.24) is 19.8 Å². The highest BCUT2D eigenvalue weighted by atomic mass is 16.6. The van der Waals surface area contributed by atoms with Gasteiger partial charge in [-0.15, -0.1) is 0 Å². The first-order valence-corrected chi connectivity index (χ1v) is 7.56. The summed E-state index contributed by atoms with van der Waals surface area (Å²) in [6.07, 6.45) is 0.265. The van der Waals surface area contributed by atoms with Crippen LogP contribution in [-0.4, -0.2) is 51.5 Å². The van der Waals surface area contributed by atoms with E-state index in [1.807, 2.05) is 20.8 Å². The monoisotopic (exact) mass is 308 g/mol. The number of carbonyl (C=O) groups is 2. The lowest BCUT2D eigenvalue weighted by Gasteiger charge is -2.26. The predicted molar refractivity (Wildman–Crippen MR) is 81.3 cm³/mol. The quantitative estimate of drug-likeness (QED) is 0.837. The molecule has 7 heteroatoms. The number of amides is 2. The van der Waals surface area contributed by atoms with E-state index in [0.29, 0.717) is 18.8 Å². The van der Waals surface area contributed by atoms with Gasteiger partial charge < -0.3 is 4.74 Å². The first-order chi connectivity index (χ1) is 10.3. The van der Waals surface area contributed by atoms with E-state index in [1.165, 1.54) is 10.0 Å². The maximum Gasteiger partial charge on any atom is 0.428 e. The van der Waals surface area contributed by atoms with E-state index >= 15 is 0 Å². The van der Waals surface area contributed by atoms with E-state index in [4.69, 9.17) is 4.74 Å². The Labute approximate surface area is 130 Å². The second kappa shape index (κ2) is 5.98. The summed E-state index contributed by atoms with van der Waals surface area (Å²) in [5.74, 6) is -0.226. The van der Waals surface area contributed by atoms with Crippen LogP contribution in [-0.2, 0) is 17.2 Å². The molecule has 0 radical (unpaired) electrons. The normalized spacial score (nSPS) is 15.3. The number of hydrogen-bond donors (Lipinski definition) is 0. The maximum atomic E-state index is 12.7. The van der Waals surface area contributed by atoms with Crippen LogP contribution >= 0.6 is 0 Å². The van der Waals surface area contributed by atoms with Crippen molar-refractivity contribution in [3.05, 3.63) is 17.5 Å². The third-order valence-corrected chi connectivity index (χ3v) is 3.61. The number of hydrogen-bond acceptors (Lipinski definition) is 4. The Morgan fingerprint density at radius 2 is 1.91 bits per heavy atom. The topological polar surface area (TPSA) is 67.7 Å². The number of carbonyl (C=O) groups excluding carboxylic acids is 2. The van der Waals surface area contributed by atoms with Crippen molar-refractivity contribution in [2.45, 2.75) is 39.5 Å². The molecule has 1 aliphatic heterocycles. The van der Waals surface area contributed by atoms with Crippen LogP contribution in [0.1, 0.15) is 50.3 Å². The van der Waals surface area contributed by atoms with E-state index in [2.05, 4.69) is 5.10 Å². The highest BCUT2D eigenvalue weighted by Gasteiger charge is 2.34. The van der Waals surface area contributed by atoms with Crippen molar-refractivity contribution in [2.75, 3.05) is 19.7 Å². The molecule has 0 aliphatic carbocycles. The highest BCUT2D eigenvalue weighted by molar-refractivity contribution is 5.93. The third kappa shape index (κ3) is 3.08. The first-order valence-electron chi connectivity index (χ1n) is 7.56.